The molecule has 0 aliphatic rings. The molecule has 0 saturated carbocycles. The maximum absolute atomic E-state index is 5.39. The largest absolute Gasteiger partial charge is 0.334 e. The monoisotopic (exact) mass is 418 g/mol. The van der Waals surface area contributed by atoms with E-state index in [1.165, 1.54) is 7.11 Å². The maximum Gasteiger partial charge on any atom is 0.258 e. The lowest BCUT2D eigenvalue weighted by Gasteiger charge is -2.06. The quantitative estimate of drug-likeness (QED) is 0.234. The van der Waals surface area contributed by atoms with E-state index in [-0.39, 0.29) is 0 Å². The zero-order valence-corrected chi connectivity index (χ0v) is 16.0. The fourth-order valence-corrected chi connectivity index (χ4v) is 3.01. The van der Waals surface area contributed by atoms with E-state index >= 15 is 0 Å². The molecule has 128 valence electrons. The SMILES string of the molecule is COOSc1ccc(/C(=C\c2cccc(Br)c2)c2nc(C)no2)cc1. The molecule has 0 amide bonds. The molecular weight excluding hydrogens is 404 g/mol. The zero-order chi connectivity index (χ0) is 17.6. The minimum Gasteiger partial charge on any atom is -0.334 e. The first kappa shape index (κ1) is 17.9. The molecule has 0 spiro atoms. The molecule has 2 aromatic carbocycles. The molecule has 0 radical (unpaired) electrons. The van der Waals surface area contributed by atoms with Gasteiger partial charge in [0.1, 0.15) is 0 Å². The van der Waals surface area contributed by atoms with E-state index in [1.54, 1.807) is 6.92 Å². The summed E-state index contributed by atoms with van der Waals surface area (Å²) in [5.41, 5.74) is 2.84. The lowest BCUT2D eigenvalue weighted by molar-refractivity contribution is -0.160. The summed E-state index contributed by atoms with van der Waals surface area (Å²) in [6.07, 6.45) is 2.02. The van der Waals surface area contributed by atoms with Gasteiger partial charge in [-0.05, 0) is 48.4 Å². The second-order valence-electron chi connectivity index (χ2n) is 5.10. The van der Waals surface area contributed by atoms with Crippen molar-refractivity contribution in [3.63, 3.8) is 0 Å². The second-order valence-corrected chi connectivity index (χ2v) is 6.79. The summed E-state index contributed by atoms with van der Waals surface area (Å²) in [7, 11) is 1.47. The molecule has 0 aliphatic heterocycles. The van der Waals surface area contributed by atoms with Crippen LogP contribution in [0, 0.1) is 6.92 Å². The Hall–Kier alpha value is -1.93. The van der Waals surface area contributed by atoms with Gasteiger partial charge >= 0.3 is 0 Å². The molecule has 0 aliphatic carbocycles. The number of aromatic nitrogens is 2. The van der Waals surface area contributed by atoms with Gasteiger partial charge in [0.05, 0.1) is 19.2 Å². The third kappa shape index (κ3) is 4.79. The Kier molecular flexibility index (Phi) is 6.04. The summed E-state index contributed by atoms with van der Waals surface area (Å²) >= 11 is 4.64. The Morgan fingerprint density at radius 1 is 1.20 bits per heavy atom. The van der Waals surface area contributed by atoms with Crippen LogP contribution in [-0.2, 0) is 9.22 Å². The topological polar surface area (TPSA) is 57.4 Å². The van der Waals surface area contributed by atoms with Crippen LogP contribution < -0.4 is 0 Å². The Morgan fingerprint density at radius 2 is 2.00 bits per heavy atom. The number of aryl methyl sites for hydroxylation is 1. The van der Waals surface area contributed by atoms with Gasteiger partial charge in [-0.25, -0.2) is 4.89 Å². The van der Waals surface area contributed by atoms with Crippen molar-refractivity contribution in [2.75, 3.05) is 7.11 Å². The minimum atomic E-state index is 0.478. The van der Waals surface area contributed by atoms with E-state index < -0.39 is 0 Å². The van der Waals surface area contributed by atoms with Crippen molar-refractivity contribution >= 4 is 39.6 Å². The van der Waals surface area contributed by atoms with E-state index in [1.807, 2.05) is 54.6 Å². The standard InChI is InChI=1S/C18H15BrN2O3S/c1-12-20-18(23-21-12)17(11-13-4-3-5-15(19)10-13)14-6-8-16(9-7-14)25-24-22-2/h3-11H,1-2H3/b17-11+. The molecule has 5 nitrogen and oxygen atoms in total. The molecule has 3 rings (SSSR count). The zero-order valence-electron chi connectivity index (χ0n) is 13.6. The molecule has 0 saturated heterocycles. The van der Waals surface area contributed by atoms with Crippen molar-refractivity contribution in [3.8, 4) is 0 Å². The summed E-state index contributed by atoms with van der Waals surface area (Å²) in [4.78, 5) is 9.90. The molecule has 1 aromatic heterocycles. The van der Waals surface area contributed by atoms with Gasteiger partial charge in [-0.2, -0.15) is 9.32 Å². The molecule has 3 aromatic rings. The van der Waals surface area contributed by atoms with Gasteiger partial charge in [0.2, 0.25) is 0 Å². The van der Waals surface area contributed by atoms with Crippen LogP contribution in [0.1, 0.15) is 22.8 Å². The number of benzene rings is 2. The summed E-state index contributed by atoms with van der Waals surface area (Å²) in [6, 6.07) is 15.8. The lowest BCUT2D eigenvalue weighted by Crippen LogP contribution is -1.90. The van der Waals surface area contributed by atoms with Crippen molar-refractivity contribution in [3.05, 3.63) is 75.8 Å². The van der Waals surface area contributed by atoms with Crippen molar-refractivity contribution in [2.24, 2.45) is 0 Å². The average Bonchev–Trinajstić information content (AvgIpc) is 3.05. The third-order valence-corrected chi connectivity index (χ3v) is 4.44. The lowest BCUT2D eigenvalue weighted by atomic mass is 10.0. The van der Waals surface area contributed by atoms with Gasteiger partial charge in [-0.1, -0.05) is 45.4 Å². The summed E-state index contributed by atoms with van der Waals surface area (Å²) < 4.78 is 11.3. The normalized spacial score (nSPS) is 11.7. The summed E-state index contributed by atoms with van der Waals surface area (Å²) in [6.45, 7) is 1.80. The van der Waals surface area contributed by atoms with Crippen LogP contribution in [0.2, 0.25) is 0 Å². The predicted octanol–water partition coefficient (Wildman–Crippen LogP) is 5.31. The molecule has 25 heavy (non-hydrogen) atoms. The highest BCUT2D eigenvalue weighted by Gasteiger charge is 2.13. The Labute approximate surface area is 158 Å². The number of nitrogens with zero attached hydrogens (tertiary/aromatic N) is 2. The van der Waals surface area contributed by atoms with Crippen molar-refractivity contribution in [1.29, 1.82) is 0 Å². The Bertz CT molecular complexity index is 878. The molecule has 0 bridgehead atoms. The highest BCUT2D eigenvalue weighted by molar-refractivity contribution is 9.10. The molecule has 1 heterocycles. The number of halogens is 1. The van der Waals surface area contributed by atoms with Crippen LogP contribution in [0.3, 0.4) is 0 Å². The average molecular weight is 419 g/mol. The van der Waals surface area contributed by atoms with E-state index in [2.05, 4.69) is 31.0 Å². The van der Waals surface area contributed by atoms with Gasteiger partial charge in [0.15, 0.2) is 5.82 Å². The maximum atomic E-state index is 5.39. The molecule has 0 atom stereocenters. The molecule has 0 fully saturated rings. The van der Waals surface area contributed by atoms with Crippen molar-refractivity contribution < 1.29 is 13.7 Å². The Morgan fingerprint density at radius 3 is 2.64 bits per heavy atom. The van der Waals surface area contributed by atoms with Gasteiger partial charge in [0, 0.05) is 14.9 Å². The second kappa shape index (κ2) is 8.44. The molecule has 7 heteroatoms. The van der Waals surface area contributed by atoms with Crippen molar-refractivity contribution in [1.82, 2.24) is 10.1 Å². The van der Waals surface area contributed by atoms with Crippen LogP contribution in [0.15, 0.2) is 62.4 Å². The molecule has 0 unspecified atom stereocenters. The summed E-state index contributed by atoms with van der Waals surface area (Å²) in [5.74, 6) is 1.07. The first-order valence-electron chi connectivity index (χ1n) is 7.41. The number of hydrogen-bond donors (Lipinski definition) is 0. The Balaban J connectivity index is 1.99. The van der Waals surface area contributed by atoms with Gasteiger partial charge < -0.3 is 4.52 Å². The van der Waals surface area contributed by atoms with Crippen LogP contribution >= 0.6 is 28.0 Å². The van der Waals surface area contributed by atoms with Crippen LogP contribution in [-0.4, -0.2) is 17.3 Å². The predicted molar refractivity (Wildman–Crippen MR) is 101 cm³/mol. The van der Waals surface area contributed by atoms with Crippen LogP contribution in [0.25, 0.3) is 11.6 Å². The van der Waals surface area contributed by atoms with Crippen LogP contribution in [0.5, 0.6) is 0 Å². The fraction of sp³-hybridized carbons (Fsp3) is 0.111. The van der Waals surface area contributed by atoms with Crippen molar-refractivity contribution in [2.45, 2.75) is 11.8 Å². The van der Waals surface area contributed by atoms with E-state index in [0.717, 1.165) is 38.1 Å². The van der Waals surface area contributed by atoms with Gasteiger partial charge in [-0.15, -0.1) is 0 Å². The molecular formula is C18H15BrN2O3S. The first-order chi connectivity index (χ1) is 12.2. The smallest absolute Gasteiger partial charge is 0.258 e. The minimum absolute atomic E-state index is 0.478. The third-order valence-electron chi connectivity index (χ3n) is 3.28. The number of hydrogen-bond acceptors (Lipinski definition) is 6. The van der Waals surface area contributed by atoms with E-state index in [9.17, 15) is 0 Å². The van der Waals surface area contributed by atoms with Gasteiger partial charge in [0.25, 0.3) is 5.89 Å². The molecule has 0 N–H and O–H groups in total. The fourth-order valence-electron chi connectivity index (χ4n) is 2.20. The van der Waals surface area contributed by atoms with E-state index in [0.29, 0.717) is 11.7 Å². The summed E-state index contributed by atoms with van der Waals surface area (Å²) in [5, 5.41) is 3.90. The number of rotatable bonds is 6. The first-order valence-corrected chi connectivity index (χ1v) is 8.95. The highest BCUT2D eigenvalue weighted by atomic mass is 79.9. The van der Waals surface area contributed by atoms with Gasteiger partial charge in [-0.3, -0.25) is 0 Å². The highest BCUT2D eigenvalue weighted by Crippen LogP contribution is 2.28. The van der Waals surface area contributed by atoms with E-state index in [4.69, 9.17) is 8.86 Å². The van der Waals surface area contributed by atoms with Crippen LogP contribution in [0.4, 0.5) is 0 Å².